The van der Waals surface area contributed by atoms with Crippen LogP contribution >= 0.6 is 23.4 Å². The van der Waals surface area contributed by atoms with Crippen molar-refractivity contribution in [2.24, 2.45) is 10.9 Å². The highest BCUT2D eigenvalue weighted by Crippen LogP contribution is 2.36. The molecule has 7 heteroatoms. The van der Waals surface area contributed by atoms with E-state index in [1.54, 1.807) is 12.0 Å². The number of nitrogens with zero attached hydrogens (tertiary/aromatic N) is 2. The summed E-state index contributed by atoms with van der Waals surface area (Å²) in [5.41, 5.74) is 3.85. The zero-order valence-corrected chi connectivity index (χ0v) is 22.4. The Bertz CT molecular complexity index is 1280. The van der Waals surface area contributed by atoms with Crippen LogP contribution in [0.15, 0.2) is 76.6 Å². The second-order valence-corrected chi connectivity index (χ2v) is 10.4. The van der Waals surface area contributed by atoms with Crippen LogP contribution in [0.2, 0.25) is 5.02 Å². The molecule has 0 atom stereocenters. The van der Waals surface area contributed by atoms with Crippen LogP contribution in [-0.4, -0.2) is 29.6 Å². The number of ether oxygens (including phenoxy) is 2. The van der Waals surface area contributed by atoms with Gasteiger partial charge in [-0.1, -0.05) is 61.3 Å². The maximum Gasteiger partial charge on any atom is 0.266 e. The van der Waals surface area contributed by atoms with Crippen LogP contribution in [0.5, 0.6) is 11.5 Å². The fourth-order valence-electron chi connectivity index (χ4n) is 3.63. The molecule has 1 aliphatic rings. The number of halogens is 1. The van der Waals surface area contributed by atoms with Crippen molar-refractivity contribution in [3.8, 4) is 11.5 Å². The number of thioether (sulfide) groups is 1. The summed E-state index contributed by atoms with van der Waals surface area (Å²) in [7, 11) is 1.60. The van der Waals surface area contributed by atoms with Crippen molar-refractivity contribution in [3.63, 3.8) is 0 Å². The Hall–Kier alpha value is -3.22. The van der Waals surface area contributed by atoms with Crippen LogP contribution in [-0.2, 0) is 11.4 Å². The summed E-state index contributed by atoms with van der Waals surface area (Å²) in [5.74, 6) is 1.50. The van der Waals surface area contributed by atoms with Crippen molar-refractivity contribution in [2.75, 3.05) is 13.7 Å². The molecule has 4 rings (SSSR count). The first kappa shape index (κ1) is 25.9. The number of aliphatic imine (C=N–C) groups is 1. The molecule has 3 aromatic rings. The number of hydrogen-bond acceptors (Lipinski definition) is 5. The third-order valence-electron chi connectivity index (χ3n) is 5.49. The monoisotopic (exact) mass is 520 g/mol. The number of methoxy groups -OCH3 is 1. The van der Waals surface area contributed by atoms with E-state index in [1.165, 1.54) is 17.3 Å². The average Bonchev–Trinajstić information content (AvgIpc) is 3.13. The molecule has 0 aromatic heterocycles. The van der Waals surface area contributed by atoms with Crippen molar-refractivity contribution in [2.45, 2.75) is 27.4 Å². The van der Waals surface area contributed by atoms with Crippen LogP contribution in [0.3, 0.4) is 0 Å². The smallest absolute Gasteiger partial charge is 0.266 e. The van der Waals surface area contributed by atoms with E-state index in [1.807, 2.05) is 79.7 Å². The van der Waals surface area contributed by atoms with Crippen molar-refractivity contribution in [3.05, 3.63) is 93.3 Å². The molecular weight excluding hydrogens is 492 g/mol. The molecule has 5 nitrogen and oxygen atoms in total. The van der Waals surface area contributed by atoms with E-state index < -0.39 is 0 Å². The van der Waals surface area contributed by atoms with Crippen LogP contribution in [0, 0.1) is 12.8 Å². The lowest BCUT2D eigenvalue weighted by Gasteiger charge is -2.17. The highest BCUT2D eigenvalue weighted by molar-refractivity contribution is 8.18. The molecule has 1 saturated heterocycles. The van der Waals surface area contributed by atoms with Crippen LogP contribution in [0.25, 0.3) is 6.08 Å². The Morgan fingerprint density at radius 2 is 1.75 bits per heavy atom. The van der Waals surface area contributed by atoms with Gasteiger partial charge >= 0.3 is 0 Å². The van der Waals surface area contributed by atoms with Gasteiger partial charge in [0.2, 0.25) is 0 Å². The normalized spacial score (nSPS) is 15.8. The Labute approximate surface area is 221 Å². The molecule has 3 aromatic carbocycles. The summed E-state index contributed by atoms with van der Waals surface area (Å²) >= 11 is 7.35. The number of carbonyl (C=O) groups is 1. The van der Waals surface area contributed by atoms with Gasteiger partial charge in [0.1, 0.15) is 6.61 Å². The standard InChI is InChI=1S/C29H29ClN2O3S/c1-19(2)17-32-28(33)27(36-29(32)31-24-12-5-20(3)6-13-24)16-22-9-14-25(26(15-22)34-4)35-18-21-7-10-23(30)11-8-21/h5-16,19H,17-18H2,1-4H3/b27-16+,31-29?. The quantitative estimate of drug-likeness (QED) is 0.288. The van der Waals surface area contributed by atoms with E-state index in [0.717, 1.165) is 16.8 Å². The van der Waals surface area contributed by atoms with Crippen LogP contribution in [0.1, 0.15) is 30.5 Å². The molecule has 186 valence electrons. The number of aryl methyl sites for hydroxylation is 1. The van der Waals surface area contributed by atoms with Gasteiger partial charge in [-0.05, 0) is 78.2 Å². The molecule has 0 aliphatic carbocycles. The number of rotatable bonds is 8. The van der Waals surface area contributed by atoms with Gasteiger partial charge in [-0.25, -0.2) is 4.99 Å². The Balaban J connectivity index is 1.56. The second kappa shape index (κ2) is 11.7. The molecule has 1 aliphatic heterocycles. The maximum absolute atomic E-state index is 13.3. The van der Waals surface area contributed by atoms with Gasteiger partial charge in [0, 0.05) is 11.6 Å². The zero-order chi connectivity index (χ0) is 25.7. The van der Waals surface area contributed by atoms with Crippen LogP contribution < -0.4 is 9.47 Å². The summed E-state index contributed by atoms with van der Waals surface area (Å²) < 4.78 is 11.5. The minimum atomic E-state index is -0.0402. The van der Waals surface area contributed by atoms with E-state index in [-0.39, 0.29) is 5.91 Å². The molecule has 0 N–H and O–H groups in total. The van der Waals surface area contributed by atoms with E-state index in [2.05, 4.69) is 13.8 Å². The Kier molecular flexibility index (Phi) is 8.39. The molecule has 0 saturated carbocycles. The third kappa shape index (κ3) is 6.50. The van der Waals surface area contributed by atoms with Gasteiger partial charge < -0.3 is 9.47 Å². The average molecular weight is 521 g/mol. The topological polar surface area (TPSA) is 51.1 Å². The van der Waals surface area contributed by atoms with Crippen LogP contribution in [0.4, 0.5) is 5.69 Å². The zero-order valence-electron chi connectivity index (χ0n) is 20.8. The highest BCUT2D eigenvalue weighted by atomic mass is 35.5. The summed E-state index contributed by atoms with van der Waals surface area (Å²) in [6.07, 6.45) is 1.88. The van der Waals surface area contributed by atoms with E-state index in [4.69, 9.17) is 26.1 Å². The second-order valence-electron chi connectivity index (χ2n) is 8.98. The van der Waals surface area contributed by atoms with Gasteiger partial charge in [-0.2, -0.15) is 0 Å². The molecule has 1 heterocycles. The van der Waals surface area contributed by atoms with Crippen molar-refractivity contribution in [1.82, 2.24) is 4.90 Å². The van der Waals surface area contributed by atoms with Gasteiger partial charge in [0.25, 0.3) is 5.91 Å². The SMILES string of the molecule is COc1cc(/C=C2/SC(=Nc3ccc(C)cc3)N(CC(C)C)C2=O)ccc1OCc1ccc(Cl)cc1. The molecule has 0 spiro atoms. The Morgan fingerprint density at radius 3 is 2.42 bits per heavy atom. The molecule has 0 radical (unpaired) electrons. The largest absolute Gasteiger partial charge is 0.493 e. The minimum absolute atomic E-state index is 0.0402. The van der Waals surface area contributed by atoms with Crippen molar-refractivity contribution < 1.29 is 14.3 Å². The van der Waals surface area contributed by atoms with Crippen molar-refractivity contribution in [1.29, 1.82) is 0 Å². The fraction of sp³-hybridized carbons (Fsp3) is 0.241. The summed E-state index contributed by atoms with van der Waals surface area (Å²) in [4.78, 5) is 20.5. The molecule has 0 unspecified atom stereocenters. The van der Waals surface area contributed by atoms with Gasteiger partial charge in [0.15, 0.2) is 16.7 Å². The third-order valence-corrected chi connectivity index (χ3v) is 6.75. The predicted octanol–water partition coefficient (Wildman–Crippen LogP) is 7.50. The first-order valence-corrected chi connectivity index (χ1v) is 12.9. The molecule has 1 fully saturated rings. The Morgan fingerprint density at radius 1 is 1.03 bits per heavy atom. The predicted molar refractivity (Wildman–Crippen MR) is 149 cm³/mol. The van der Waals surface area contributed by atoms with Gasteiger partial charge in [-0.3, -0.25) is 9.69 Å². The van der Waals surface area contributed by atoms with E-state index in [9.17, 15) is 4.79 Å². The van der Waals surface area contributed by atoms with Gasteiger partial charge in [0.05, 0.1) is 17.7 Å². The lowest BCUT2D eigenvalue weighted by molar-refractivity contribution is -0.122. The number of carbonyl (C=O) groups excluding carboxylic acids is 1. The first-order chi connectivity index (χ1) is 17.3. The summed E-state index contributed by atoms with van der Waals surface area (Å²) in [5, 5.41) is 1.38. The van der Waals surface area contributed by atoms with E-state index >= 15 is 0 Å². The van der Waals surface area contributed by atoms with E-state index in [0.29, 0.717) is 45.7 Å². The molecule has 1 amide bonds. The highest BCUT2D eigenvalue weighted by Gasteiger charge is 2.33. The van der Waals surface area contributed by atoms with Crippen molar-refractivity contribution >= 4 is 46.2 Å². The molecular formula is C29H29ClN2O3S. The maximum atomic E-state index is 13.3. The number of amidine groups is 1. The summed E-state index contributed by atoms with van der Waals surface area (Å²) in [6.45, 7) is 7.23. The first-order valence-electron chi connectivity index (χ1n) is 11.7. The molecule has 36 heavy (non-hydrogen) atoms. The lowest BCUT2D eigenvalue weighted by Crippen LogP contribution is -2.32. The van der Waals surface area contributed by atoms with Gasteiger partial charge in [-0.15, -0.1) is 0 Å². The number of benzene rings is 3. The molecule has 0 bridgehead atoms. The summed E-state index contributed by atoms with van der Waals surface area (Å²) in [6, 6.07) is 21.2. The lowest BCUT2D eigenvalue weighted by atomic mass is 10.1. The minimum Gasteiger partial charge on any atom is -0.493 e. The number of hydrogen-bond donors (Lipinski definition) is 0. The fourth-order valence-corrected chi connectivity index (χ4v) is 4.77. The number of amides is 1.